The summed E-state index contributed by atoms with van der Waals surface area (Å²) in [4.78, 5) is 26.2. The van der Waals surface area contributed by atoms with Crippen LogP contribution in [0.5, 0.6) is 0 Å². The molecule has 9 atom stereocenters. The lowest BCUT2D eigenvalue weighted by Gasteiger charge is -2.38. The fourth-order valence-corrected chi connectivity index (χ4v) is 10.5. The zero-order valence-electron chi connectivity index (χ0n) is 27.6. The normalized spacial score (nSPS) is 34.8. The van der Waals surface area contributed by atoms with Gasteiger partial charge in [0.05, 0.1) is 18.2 Å². The first-order valence-electron chi connectivity index (χ1n) is 15.6. The molecule has 4 aliphatic heterocycles. The van der Waals surface area contributed by atoms with Crippen LogP contribution in [0.25, 0.3) is 11.2 Å². The van der Waals surface area contributed by atoms with Crippen LogP contribution in [0.1, 0.15) is 54.7 Å². The number of rotatable bonds is 9. The van der Waals surface area contributed by atoms with E-state index >= 15 is 0 Å². The molecule has 0 radical (unpaired) electrons. The number of aliphatic imine (C=N–C) groups is 1. The first-order valence-corrected chi connectivity index (χ1v) is 19.2. The topological polar surface area (TPSA) is 209 Å². The molecule has 0 aromatic carbocycles. The number of ether oxygens (including phenoxy) is 6. The third-order valence-electron chi connectivity index (χ3n) is 8.53. The van der Waals surface area contributed by atoms with E-state index in [4.69, 9.17) is 28.4 Å². The second kappa shape index (κ2) is 12.3. The van der Waals surface area contributed by atoms with Gasteiger partial charge in [0.25, 0.3) is 5.56 Å². The lowest BCUT2D eigenvalue weighted by atomic mass is 9.96. The Balaban J connectivity index is 1.21. The highest BCUT2D eigenvalue weighted by molar-refractivity contribution is 8.09. The van der Waals surface area contributed by atoms with Crippen LogP contribution in [0.4, 0.5) is 5.95 Å². The summed E-state index contributed by atoms with van der Waals surface area (Å²) >= 11 is 0. The van der Waals surface area contributed by atoms with Crippen LogP contribution in [-0.4, -0.2) is 119 Å². The first-order chi connectivity index (χ1) is 22.3. The minimum Gasteiger partial charge on any atom is -0.388 e. The van der Waals surface area contributed by atoms with Crippen molar-refractivity contribution in [2.24, 2.45) is 4.99 Å². The van der Waals surface area contributed by atoms with E-state index in [-0.39, 0.29) is 17.1 Å². The summed E-state index contributed by atoms with van der Waals surface area (Å²) in [5.74, 6) is -2.64. The highest BCUT2D eigenvalue weighted by Gasteiger charge is 2.56. The summed E-state index contributed by atoms with van der Waals surface area (Å²) in [5, 5.41) is 10.4. The molecule has 19 heteroatoms. The Hall–Kier alpha value is -2.62. The van der Waals surface area contributed by atoms with Gasteiger partial charge in [-0.25, -0.2) is 26.8 Å². The molecule has 9 unspecified atom stereocenters. The Morgan fingerprint density at radius 2 is 1.65 bits per heavy atom. The fourth-order valence-electron chi connectivity index (χ4n) is 6.67. The Morgan fingerprint density at radius 1 is 1.00 bits per heavy atom. The summed E-state index contributed by atoms with van der Waals surface area (Å²) in [6.45, 7) is 12.2. The van der Waals surface area contributed by atoms with Crippen molar-refractivity contribution in [1.29, 1.82) is 0 Å². The molecule has 0 saturated carbocycles. The van der Waals surface area contributed by atoms with Crippen LogP contribution in [0, 0.1) is 0 Å². The molecular weight excluding hydrogens is 674 g/mol. The largest absolute Gasteiger partial charge is 0.388 e. The zero-order chi connectivity index (χ0) is 35.0. The van der Waals surface area contributed by atoms with E-state index in [1.165, 1.54) is 27.8 Å². The van der Waals surface area contributed by atoms with Gasteiger partial charge in [-0.15, -0.1) is 0 Å². The standard InChI is InChI=1S/C29H41N5O12S2/c1-8-30-27-32-24-18(25(36)33(27)9-2)31-13-34(24)26-23-21(44-29(6,7)46-23)16(42-26)10-11-47(37,38)14-48(39,40)12-17-19(35)22-20(15(3)41-17)43-28(4,5)45-22/h8,10-11,13,15-17,19-23,26,35H,9,12,14H2,1-7H3/b11-10+,30-8?. The number of fused-ring (bicyclic) bond motifs is 3. The van der Waals surface area contributed by atoms with E-state index in [9.17, 15) is 26.7 Å². The predicted molar refractivity (Wildman–Crippen MR) is 170 cm³/mol. The molecule has 4 fully saturated rings. The molecule has 0 aliphatic carbocycles. The molecular formula is C29H41N5O12S2. The fraction of sp³-hybridized carbons (Fsp3) is 0.724. The summed E-state index contributed by atoms with van der Waals surface area (Å²) < 4.78 is 91.1. The molecule has 0 bridgehead atoms. The average molecular weight is 716 g/mol. The van der Waals surface area contributed by atoms with Gasteiger partial charge in [0, 0.05) is 18.2 Å². The van der Waals surface area contributed by atoms with E-state index < -0.39 is 103 Å². The molecule has 17 nitrogen and oxygen atoms in total. The monoisotopic (exact) mass is 715 g/mol. The molecule has 1 N–H and O–H groups in total. The van der Waals surface area contributed by atoms with Crippen LogP contribution < -0.4 is 5.56 Å². The number of nitrogens with zero attached hydrogens (tertiary/aromatic N) is 5. The van der Waals surface area contributed by atoms with Gasteiger partial charge in [0.1, 0.15) is 42.7 Å². The highest BCUT2D eigenvalue weighted by atomic mass is 32.3. The quantitative estimate of drug-likeness (QED) is 0.355. The Labute approximate surface area is 277 Å². The van der Waals surface area contributed by atoms with Crippen molar-refractivity contribution in [3.05, 3.63) is 28.2 Å². The molecule has 0 spiro atoms. The van der Waals surface area contributed by atoms with Gasteiger partial charge in [-0.1, -0.05) is 0 Å². The van der Waals surface area contributed by atoms with Crippen LogP contribution in [0.15, 0.2) is 27.6 Å². The summed E-state index contributed by atoms with van der Waals surface area (Å²) in [6.07, 6.45) is -4.01. The van der Waals surface area contributed by atoms with Crippen molar-refractivity contribution in [3.8, 4) is 0 Å². The number of sulfone groups is 2. The van der Waals surface area contributed by atoms with Crippen molar-refractivity contribution in [3.63, 3.8) is 0 Å². The number of imidazole rings is 1. The highest BCUT2D eigenvalue weighted by Crippen LogP contribution is 2.44. The predicted octanol–water partition coefficient (Wildman–Crippen LogP) is 0.722. The van der Waals surface area contributed by atoms with Crippen molar-refractivity contribution in [2.75, 3.05) is 10.8 Å². The summed E-state index contributed by atoms with van der Waals surface area (Å²) in [7, 11) is -8.67. The smallest absolute Gasteiger partial charge is 0.283 e. The summed E-state index contributed by atoms with van der Waals surface area (Å²) in [5.41, 5.74) is -0.112. The maximum Gasteiger partial charge on any atom is 0.283 e. The number of hydrogen-bond donors (Lipinski definition) is 1. The van der Waals surface area contributed by atoms with E-state index in [1.807, 2.05) is 0 Å². The van der Waals surface area contributed by atoms with E-state index in [1.54, 1.807) is 48.5 Å². The first kappa shape index (κ1) is 35.2. The molecule has 6 rings (SSSR count). The second-order valence-corrected chi connectivity index (χ2v) is 17.5. The third-order valence-corrected chi connectivity index (χ3v) is 12.7. The maximum absolute atomic E-state index is 13.2. The molecule has 4 aliphatic rings. The van der Waals surface area contributed by atoms with Gasteiger partial charge in [0.15, 0.2) is 53.7 Å². The van der Waals surface area contributed by atoms with Gasteiger partial charge >= 0.3 is 0 Å². The maximum atomic E-state index is 13.2. The average Bonchev–Trinajstić information content (AvgIpc) is 3.70. The molecule has 6 heterocycles. The van der Waals surface area contributed by atoms with Crippen molar-refractivity contribution < 1.29 is 50.4 Å². The number of hydrogen-bond acceptors (Lipinski definition) is 15. The van der Waals surface area contributed by atoms with E-state index in [2.05, 4.69) is 15.0 Å². The lowest BCUT2D eigenvalue weighted by molar-refractivity contribution is -0.191. The van der Waals surface area contributed by atoms with Gasteiger partial charge in [-0.3, -0.25) is 13.9 Å². The van der Waals surface area contributed by atoms with Crippen LogP contribution in [0.2, 0.25) is 0 Å². The van der Waals surface area contributed by atoms with Gasteiger partial charge in [0.2, 0.25) is 5.95 Å². The molecule has 2 aromatic heterocycles. The summed E-state index contributed by atoms with van der Waals surface area (Å²) in [6, 6.07) is 0. The molecule has 0 amide bonds. The zero-order valence-corrected chi connectivity index (χ0v) is 29.3. The van der Waals surface area contributed by atoms with Crippen molar-refractivity contribution in [1.82, 2.24) is 19.1 Å². The minimum atomic E-state index is -4.36. The lowest BCUT2D eigenvalue weighted by Crippen LogP contribution is -2.57. The number of aromatic nitrogens is 4. The molecule has 2 aromatic rings. The van der Waals surface area contributed by atoms with Crippen LogP contribution in [-0.2, 0) is 54.6 Å². The minimum absolute atomic E-state index is 0.0877. The second-order valence-electron chi connectivity index (χ2n) is 13.2. The van der Waals surface area contributed by atoms with Crippen molar-refractivity contribution in [2.45, 2.75) is 122 Å². The number of aliphatic hydroxyl groups is 1. The Bertz CT molecular complexity index is 1900. The third kappa shape index (κ3) is 6.63. The Morgan fingerprint density at radius 3 is 2.31 bits per heavy atom. The van der Waals surface area contributed by atoms with Gasteiger partial charge in [-0.2, -0.15) is 4.98 Å². The van der Waals surface area contributed by atoms with Crippen LogP contribution in [0.3, 0.4) is 0 Å². The van der Waals surface area contributed by atoms with Gasteiger partial charge < -0.3 is 33.5 Å². The van der Waals surface area contributed by atoms with E-state index in [0.29, 0.717) is 6.54 Å². The SMILES string of the molecule is CC=Nc1nc2c(ncn2C2OC(/C=C/S(=O)(=O)CS(=O)(=O)CC3OC(C)C4OC(C)(C)OC4C3O)C3OC(C)(C)OC32)c(=O)n1CC. The molecule has 48 heavy (non-hydrogen) atoms. The molecule has 4 saturated heterocycles. The van der Waals surface area contributed by atoms with Crippen LogP contribution >= 0.6 is 0 Å². The van der Waals surface area contributed by atoms with Crippen molar-refractivity contribution >= 4 is 43.0 Å². The Kier molecular flexibility index (Phi) is 9.03. The van der Waals surface area contributed by atoms with E-state index in [0.717, 1.165) is 5.41 Å². The number of aliphatic hydroxyl groups excluding tert-OH is 1. The van der Waals surface area contributed by atoms with Gasteiger partial charge in [-0.05, 0) is 54.5 Å². The molecule has 266 valence electrons.